The lowest BCUT2D eigenvalue weighted by atomic mass is 10.1. The summed E-state index contributed by atoms with van der Waals surface area (Å²) in [6, 6.07) is 8.14. The summed E-state index contributed by atoms with van der Waals surface area (Å²) in [5.74, 6) is -1.10. The van der Waals surface area contributed by atoms with E-state index in [0.29, 0.717) is 16.9 Å². The molecule has 7 nitrogen and oxygen atoms in total. The van der Waals surface area contributed by atoms with Crippen LogP contribution in [0.4, 0.5) is 11.4 Å². The Balaban J connectivity index is 1.96. The molecule has 0 radical (unpaired) electrons. The molecule has 168 valence electrons. The van der Waals surface area contributed by atoms with Gasteiger partial charge in [-0.3, -0.25) is 9.62 Å². The van der Waals surface area contributed by atoms with Crippen molar-refractivity contribution in [2.45, 2.75) is 39.0 Å². The van der Waals surface area contributed by atoms with Crippen molar-refractivity contribution in [2.75, 3.05) is 42.3 Å². The quantitative estimate of drug-likeness (QED) is 0.676. The van der Waals surface area contributed by atoms with Gasteiger partial charge >= 0.3 is 5.97 Å². The van der Waals surface area contributed by atoms with Crippen LogP contribution < -0.4 is 9.62 Å². The molecule has 0 spiro atoms. The number of hydrogen-bond acceptors (Lipinski definition) is 5. The summed E-state index contributed by atoms with van der Waals surface area (Å²) in [4.78, 5) is 16.2. The van der Waals surface area contributed by atoms with Crippen LogP contribution in [-0.4, -0.2) is 57.1 Å². The molecular weight excluding hydrogens is 414 g/mol. The summed E-state index contributed by atoms with van der Waals surface area (Å²) in [5.41, 5.74) is 3.60. The molecule has 0 aliphatic carbocycles. The van der Waals surface area contributed by atoms with Gasteiger partial charge in [-0.15, -0.1) is 0 Å². The number of anilines is 2. The minimum atomic E-state index is -3.89. The Morgan fingerprint density at radius 1 is 1.00 bits per heavy atom. The Bertz CT molecular complexity index is 1070. The second-order valence-electron chi connectivity index (χ2n) is 8.17. The fourth-order valence-corrected chi connectivity index (χ4v) is 5.36. The number of aryl methyl sites for hydroxylation is 3. The van der Waals surface area contributed by atoms with Crippen molar-refractivity contribution in [1.29, 1.82) is 0 Å². The highest BCUT2D eigenvalue weighted by Gasteiger charge is 2.24. The molecule has 0 aromatic heterocycles. The summed E-state index contributed by atoms with van der Waals surface area (Å²) in [5, 5.41) is 9.43. The van der Waals surface area contributed by atoms with E-state index < -0.39 is 16.0 Å². The maximum Gasteiger partial charge on any atom is 0.335 e. The summed E-state index contributed by atoms with van der Waals surface area (Å²) >= 11 is 0. The summed E-state index contributed by atoms with van der Waals surface area (Å²) < 4.78 is 29.2. The van der Waals surface area contributed by atoms with Crippen molar-refractivity contribution < 1.29 is 18.3 Å². The van der Waals surface area contributed by atoms with Crippen molar-refractivity contribution in [2.24, 2.45) is 0 Å². The second-order valence-corrected chi connectivity index (χ2v) is 9.82. The number of carboxylic acid groups (broad SMARTS) is 1. The van der Waals surface area contributed by atoms with Crippen LogP contribution in [-0.2, 0) is 10.0 Å². The molecule has 0 amide bonds. The lowest BCUT2D eigenvalue weighted by molar-refractivity contribution is 0.0697. The molecular formula is C23H31N3O4S. The van der Waals surface area contributed by atoms with Crippen LogP contribution in [0.3, 0.4) is 0 Å². The molecule has 3 rings (SSSR count). The number of nitrogens with one attached hydrogen (secondary N) is 1. The first kappa shape index (κ1) is 23.1. The average Bonchev–Trinajstić information content (AvgIpc) is 2.71. The highest BCUT2D eigenvalue weighted by atomic mass is 32.2. The van der Waals surface area contributed by atoms with Gasteiger partial charge in [0.2, 0.25) is 0 Å². The fraction of sp³-hybridized carbons (Fsp3) is 0.435. The number of piperazine rings is 1. The Hall–Kier alpha value is -2.58. The predicted molar refractivity (Wildman–Crippen MR) is 124 cm³/mol. The number of aromatic carboxylic acids is 1. The highest BCUT2D eigenvalue weighted by molar-refractivity contribution is 7.92. The highest BCUT2D eigenvalue weighted by Crippen LogP contribution is 2.31. The van der Waals surface area contributed by atoms with Crippen LogP contribution in [0.15, 0.2) is 35.2 Å². The van der Waals surface area contributed by atoms with Gasteiger partial charge in [-0.1, -0.05) is 13.0 Å². The van der Waals surface area contributed by atoms with Gasteiger partial charge in [0, 0.05) is 26.2 Å². The van der Waals surface area contributed by atoms with Crippen LogP contribution in [0, 0.1) is 20.8 Å². The zero-order valence-electron chi connectivity index (χ0n) is 18.6. The largest absolute Gasteiger partial charge is 0.478 e. The normalized spacial score (nSPS) is 15.2. The molecule has 1 heterocycles. The standard InChI is InChI=1S/C23H31N3O4S/c1-5-8-25-9-11-26(12-10-25)21-7-6-19(23(27)28)15-20(21)24-31(29,30)22-14-17(3)16(2)13-18(22)4/h6-7,13-15,24H,5,8-12H2,1-4H3,(H,27,28). The molecule has 2 N–H and O–H groups in total. The van der Waals surface area contributed by atoms with Gasteiger partial charge in [-0.05, 0) is 74.7 Å². The van der Waals surface area contributed by atoms with Gasteiger partial charge in [0.15, 0.2) is 0 Å². The van der Waals surface area contributed by atoms with Gasteiger partial charge in [0.25, 0.3) is 10.0 Å². The molecule has 31 heavy (non-hydrogen) atoms. The first-order valence-corrected chi connectivity index (χ1v) is 12.1. The molecule has 0 atom stereocenters. The summed E-state index contributed by atoms with van der Waals surface area (Å²) in [7, 11) is -3.89. The molecule has 1 fully saturated rings. The van der Waals surface area contributed by atoms with Gasteiger partial charge in [-0.25, -0.2) is 13.2 Å². The molecule has 2 aromatic rings. The molecule has 2 aromatic carbocycles. The molecule has 1 saturated heterocycles. The lowest BCUT2D eigenvalue weighted by Gasteiger charge is -2.37. The second kappa shape index (κ2) is 9.28. The van der Waals surface area contributed by atoms with E-state index in [1.807, 2.05) is 19.9 Å². The number of carbonyl (C=O) groups is 1. The van der Waals surface area contributed by atoms with Gasteiger partial charge < -0.3 is 10.0 Å². The van der Waals surface area contributed by atoms with Crippen LogP contribution >= 0.6 is 0 Å². The Kier molecular flexibility index (Phi) is 6.91. The zero-order valence-corrected chi connectivity index (χ0v) is 19.4. The van der Waals surface area contributed by atoms with E-state index in [2.05, 4.69) is 21.4 Å². The van der Waals surface area contributed by atoms with E-state index in [0.717, 1.165) is 50.3 Å². The van der Waals surface area contributed by atoms with Crippen LogP contribution in [0.1, 0.15) is 40.4 Å². The molecule has 1 aliphatic heterocycles. The molecule has 0 saturated carbocycles. The molecule has 8 heteroatoms. The van der Waals surface area contributed by atoms with Gasteiger partial charge in [0.1, 0.15) is 0 Å². The molecule has 0 bridgehead atoms. The predicted octanol–water partition coefficient (Wildman–Crippen LogP) is 3.64. The van der Waals surface area contributed by atoms with Gasteiger partial charge in [0.05, 0.1) is 21.8 Å². The third-order valence-corrected chi connectivity index (χ3v) is 7.33. The van der Waals surface area contributed by atoms with E-state index >= 15 is 0 Å². The van der Waals surface area contributed by atoms with Crippen LogP contribution in [0.5, 0.6) is 0 Å². The number of nitrogens with zero attached hydrogens (tertiary/aromatic N) is 2. The topological polar surface area (TPSA) is 89.9 Å². The van der Waals surface area contributed by atoms with Crippen LogP contribution in [0.2, 0.25) is 0 Å². The number of benzene rings is 2. The molecule has 1 aliphatic rings. The monoisotopic (exact) mass is 445 g/mol. The third kappa shape index (κ3) is 5.19. The van der Waals surface area contributed by atoms with Gasteiger partial charge in [-0.2, -0.15) is 0 Å². The Labute approximate surface area is 184 Å². The Morgan fingerprint density at radius 2 is 1.65 bits per heavy atom. The summed E-state index contributed by atoms with van der Waals surface area (Å²) in [6.45, 7) is 12.1. The van der Waals surface area contributed by atoms with Crippen molar-refractivity contribution in [3.63, 3.8) is 0 Å². The van der Waals surface area contributed by atoms with E-state index in [1.165, 1.54) is 12.1 Å². The van der Waals surface area contributed by atoms with E-state index in [1.54, 1.807) is 19.1 Å². The summed E-state index contributed by atoms with van der Waals surface area (Å²) in [6.07, 6.45) is 1.09. The first-order valence-electron chi connectivity index (χ1n) is 10.6. The Morgan fingerprint density at radius 3 is 2.26 bits per heavy atom. The lowest BCUT2D eigenvalue weighted by Crippen LogP contribution is -2.46. The maximum absolute atomic E-state index is 13.3. The zero-order chi connectivity index (χ0) is 22.8. The minimum Gasteiger partial charge on any atom is -0.478 e. The van der Waals surface area contributed by atoms with Crippen molar-refractivity contribution in [1.82, 2.24) is 4.90 Å². The fourth-order valence-electron chi connectivity index (χ4n) is 3.98. The molecule has 0 unspecified atom stereocenters. The van der Waals surface area contributed by atoms with Crippen LogP contribution in [0.25, 0.3) is 0 Å². The number of rotatable bonds is 7. The van der Waals surface area contributed by atoms with Crippen molar-refractivity contribution >= 4 is 27.4 Å². The number of sulfonamides is 1. The average molecular weight is 446 g/mol. The van der Waals surface area contributed by atoms with E-state index in [-0.39, 0.29) is 10.5 Å². The van der Waals surface area contributed by atoms with E-state index in [9.17, 15) is 18.3 Å². The number of hydrogen-bond donors (Lipinski definition) is 2. The smallest absolute Gasteiger partial charge is 0.335 e. The van der Waals surface area contributed by atoms with Crippen molar-refractivity contribution in [3.05, 3.63) is 52.6 Å². The third-order valence-electron chi connectivity index (χ3n) is 5.82. The minimum absolute atomic E-state index is 0.0443. The van der Waals surface area contributed by atoms with E-state index in [4.69, 9.17) is 0 Å². The van der Waals surface area contributed by atoms with Crippen molar-refractivity contribution in [3.8, 4) is 0 Å². The maximum atomic E-state index is 13.3. The SMILES string of the molecule is CCCN1CCN(c2ccc(C(=O)O)cc2NS(=O)(=O)c2cc(C)c(C)cc2C)CC1. The number of carboxylic acids is 1. The first-order chi connectivity index (χ1) is 14.6.